The number of sulfonamides is 1. The predicted molar refractivity (Wildman–Crippen MR) is 84.2 cm³/mol. The van der Waals surface area contributed by atoms with Crippen LogP contribution in [0.25, 0.3) is 0 Å². The monoisotopic (exact) mass is 364 g/mol. The van der Waals surface area contributed by atoms with Gasteiger partial charge < -0.3 is 5.32 Å². The second-order valence-corrected chi connectivity index (χ2v) is 8.88. The zero-order chi connectivity index (χ0) is 16.3. The quantitative estimate of drug-likeness (QED) is 0.834. The summed E-state index contributed by atoms with van der Waals surface area (Å²) in [4.78, 5) is 23.6. The Bertz CT molecular complexity index is 665. The van der Waals surface area contributed by atoms with Gasteiger partial charge in [-0.25, -0.2) is 13.1 Å². The first-order valence-electron chi connectivity index (χ1n) is 6.88. The van der Waals surface area contributed by atoms with Crippen LogP contribution in [0.1, 0.15) is 32.6 Å². The van der Waals surface area contributed by atoms with E-state index in [1.54, 1.807) is 0 Å². The van der Waals surface area contributed by atoms with E-state index in [-0.39, 0.29) is 16.0 Å². The first kappa shape index (κ1) is 17.2. The molecule has 1 aromatic rings. The van der Waals surface area contributed by atoms with Crippen molar-refractivity contribution in [3.8, 4) is 0 Å². The Morgan fingerprint density at radius 1 is 1.32 bits per heavy atom. The van der Waals surface area contributed by atoms with Crippen LogP contribution < -0.4 is 10.0 Å². The Labute approximate surface area is 138 Å². The van der Waals surface area contributed by atoms with Crippen LogP contribution in [0, 0.1) is 5.92 Å². The molecule has 122 valence electrons. The van der Waals surface area contributed by atoms with Gasteiger partial charge in [-0.05, 0) is 30.9 Å². The van der Waals surface area contributed by atoms with Crippen LogP contribution in [0.5, 0.6) is 0 Å². The first-order valence-corrected chi connectivity index (χ1v) is 9.56. The van der Waals surface area contributed by atoms with Crippen LogP contribution in [0.3, 0.4) is 0 Å². The van der Waals surface area contributed by atoms with Gasteiger partial charge in [0.25, 0.3) is 15.9 Å². The van der Waals surface area contributed by atoms with Crippen molar-refractivity contribution in [2.45, 2.75) is 42.9 Å². The van der Waals surface area contributed by atoms with Crippen molar-refractivity contribution >= 4 is 44.8 Å². The van der Waals surface area contributed by atoms with Crippen LogP contribution in [0.2, 0.25) is 4.34 Å². The second-order valence-electron chi connectivity index (χ2n) is 5.25. The minimum Gasteiger partial charge on any atom is -0.344 e. The van der Waals surface area contributed by atoms with Gasteiger partial charge in [-0.1, -0.05) is 24.4 Å². The van der Waals surface area contributed by atoms with E-state index >= 15 is 0 Å². The van der Waals surface area contributed by atoms with Crippen molar-refractivity contribution < 1.29 is 18.0 Å². The van der Waals surface area contributed by atoms with Gasteiger partial charge in [0.15, 0.2) is 0 Å². The zero-order valence-corrected chi connectivity index (χ0v) is 14.4. The summed E-state index contributed by atoms with van der Waals surface area (Å²) < 4.78 is 26.7. The Balaban J connectivity index is 2.14. The summed E-state index contributed by atoms with van der Waals surface area (Å²) >= 11 is 6.59. The molecule has 2 N–H and O–H groups in total. The molecule has 6 nitrogen and oxygen atoms in total. The van der Waals surface area contributed by atoms with Gasteiger partial charge in [-0.2, -0.15) is 0 Å². The van der Waals surface area contributed by atoms with Gasteiger partial charge in [-0.3, -0.25) is 9.59 Å². The SMILES string of the molecule is CC(=O)NC(C(=O)NS(=O)(=O)c1ccc(Cl)s1)C1CCCC1. The maximum atomic E-state index is 12.3. The fraction of sp³-hybridized carbons (Fsp3) is 0.538. The third kappa shape index (κ3) is 4.21. The summed E-state index contributed by atoms with van der Waals surface area (Å²) in [7, 11) is -3.97. The normalized spacial score (nSPS) is 17.2. The van der Waals surface area contributed by atoms with Gasteiger partial charge in [0, 0.05) is 6.92 Å². The lowest BCUT2D eigenvalue weighted by Gasteiger charge is -2.22. The van der Waals surface area contributed by atoms with Crippen LogP contribution in [-0.2, 0) is 19.6 Å². The maximum Gasteiger partial charge on any atom is 0.273 e. The van der Waals surface area contributed by atoms with Crippen LogP contribution in [0.15, 0.2) is 16.3 Å². The molecule has 1 aliphatic rings. The fourth-order valence-electron chi connectivity index (χ4n) is 2.60. The summed E-state index contributed by atoms with van der Waals surface area (Å²) in [5.74, 6) is -1.10. The largest absolute Gasteiger partial charge is 0.344 e. The van der Waals surface area contributed by atoms with E-state index in [4.69, 9.17) is 11.6 Å². The van der Waals surface area contributed by atoms with Gasteiger partial charge in [0.1, 0.15) is 10.3 Å². The molecule has 1 saturated carbocycles. The minimum atomic E-state index is -3.97. The molecule has 0 aliphatic heterocycles. The predicted octanol–water partition coefficient (Wildman–Crippen LogP) is 1.90. The molecule has 0 radical (unpaired) electrons. The van der Waals surface area contributed by atoms with E-state index in [0.717, 1.165) is 37.0 Å². The molecule has 0 spiro atoms. The highest BCUT2D eigenvalue weighted by molar-refractivity contribution is 7.92. The Morgan fingerprint density at radius 2 is 1.95 bits per heavy atom. The highest BCUT2D eigenvalue weighted by Crippen LogP contribution is 2.29. The summed E-state index contributed by atoms with van der Waals surface area (Å²) in [6.45, 7) is 1.31. The third-order valence-electron chi connectivity index (χ3n) is 3.56. The number of carbonyl (C=O) groups is 2. The highest BCUT2D eigenvalue weighted by atomic mass is 35.5. The molecule has 2 amide bonds. The average molecular weight is 365 g/mol. The van der Waals surface area contributed by atoms with Crippen molar-refractivity contribution in [2.24, 2.45) is 5.92 Å². The molecule has 0 bridgehead atoms. The maximum absolute atomic E-state index is 12.3. The van der Waals surface area contributed by atoms with Crippen molar-refractivity contribution in [2.75, 3.05) is 0 Å². The second kappa shape index (κ2) is 6.97. The molecular formula is C13H17ClN2O4S2. The molecule has 1 atom stereocenters. The van der Waals surface area contributed by atoms with Crippen molar-refractivity contribution in [3.05, 3.63) is 16.5 Å². The molecule has 2 rings (SSSR count). The molecule has 1 heterocycles. The van der Waals surface area contributed by atoms with E-state index in [2.05, 4.69) is 5.32 Å². The minimum absolute atomic E-state index is 0.0288. The number of hydrogen-bond acceptors (Lipinski definition) is 5. The number of carbonyl (C=O) groups excluding carboxylic acids is 2. The van der Waals surface area contributed by atoms with E-state index in [1.807, 2.05) is 4.72 Å². The number of thiophene rings is 1. The number of amides is 2. The number of hydrogen-bond donors (Lipinski definition) is 2. The third-order valence-corrected chi connectivity index (χ3v) is 6.63. The van der Waals surface area contributed by atoms with E-state index in [1.165, 1.54) is 19.1 Å². The molecule has 9 heteroatoms. The van der Waals surface area contributed by atoms with E-state index < -0.39 is 22.0 Å². The highest BCUT2D eigenvalue weighted by Gasteiger charge is 2.33. The molecule has 1 unspecified atom stereocenters. The molecule has 0 saturated heterocycles. The standard InChI is InChI=1S/C13H17ClN2O4S2/c1-8(17)15-12(9-4-2-3-5-9)13(18)16-22(19,20)11-7-6-10(14)21-11/h6-7,9,12H,2-5H2,1H3,(H,15,17)(H,16,18). The molecular weight excluding hydrogens is 348 g/mol. The lowest BCUT2D eigenvalue weighted by Crippen LogP contribution is -2.51. The lowest BCUT2D eigenvalue weighted by atomic mass is 9.97. The summed E-state index contributed by atoms with van der Waals surface area (Å²) in [5, 5.41) is 2.56. The molecule has 1 aliphatic carbocycles. The van der Waals surface area contributed by atoms with E-state index in [9.17, 15) is 18.0 Å². The molecule has 0 aromatic carbocycles. The van der Waals surface area contributed by atoms with E-state index in [0.29, 0.717) is 4.34 Å². The first-order chi connectivity index (χ1) is 10.3. The lowest BCUT2D eigenvalue weighted by molar-refractivity contribution is -0.128. The van der Waals surface area contributed by atoms with Crippen LogP contribution >= 0.6 is 22.9 Å². The van der Waals surface area contributed by atoms with Gasteiger partial charge >= 0.3 is 0 Å². The number of halogens is 1. The van der Waals surface area contributed by atoms with Crippen molar-refractivity contribution in [3.63, 3.8) is 0 Å². The Hall–Kier alpha value is -1.12. The fourth-order valence-corrected chi connectivity index (χ4v) is 5.08. The Kier molecular flexibility index (Phi) is 5.46. The van der Waals surface area contributed by atoms with Gasteiger partial charge in [0.05, 0.1) is 4.34 Å². The summed E-state index contributed by atoms with van der Waals surface area (Å²) in [6, 6.07) is 1.96. The van der Waals surface area contributed by atoms with Crippen molar-refractivity contribution in [1.82, 2.24) is 10.0 Å². The summed E-state index contributed by atoms with van der Waals surface area (Å²) in [5.41, 5.74) is 0. The topological polar surface area (TPSA) is 92.3 Å². The summed E-state index contributed by atoms with van der Waals surface area (Å²) in [6.07, 6.45) is 3.54. The molecule has 1 aromatic heterocycles. The smallest absolute Gasteiger partial charge is 0.273 e. The van der Waals surface area contributed by atoms with Crippen molar-refractivity contribution in [1.29, 1.82) is 0 Å². The van der Waals surface area contributed by atoms with Gasteiger partial charge in [0.2, 0.25) is 5.91 Å². The molecule has 1 fully saturated rings. The Morgan fingerprint density at radius 3 is 2.45 bits per heavy atom. The zero-order valence-electron chi connectivity index (χ0n) is 12.0. The van der Waals surface area contributed by atoms with Crippen LogP contribution in [0.4, 0.5) is 0 Å². The van der Waals surface area contributed by atoms with Gasteiger partial charge in [-0.15, -0.1) is 11.3 Å². The van der Waals surface area contributed by atoms with Crippen LogP contribution in [-0.4, -0.2) is 26.3 Å². The average Bonchev–Trinajstić information content (AvgIpc) is 3.06. The number of nitrogens with one attached hydrogen (secondary N) is 2. The molecule has 22 heavy (non-hydrogen) atoms. The number of rotatable bonds is 5.